The molecule has 76 valence electrons. The summed E-state index contributed by atoms with van der Waals surface area (Å²) in [4.78, 5) is 0. The second kappa shape index (κ2) is 6.21. The normalized spacial score (nSPS) is 10.4. The molecule has 0 amide bonds. The van der Waals surface area contributed by atoms with Crippen molar-refractivity contribution in [3.63, 3.8) is 0 Å². The van der Waals surface area contributed by atoms with Crippen molar-refractivity contribution in [2.75, 3.05) is 14.2 Å². The van der Waals surface area contributed by atoms with Gasteiger partial charge in [-0.2, -0.15) is 0 Å². The van der Waals surface area contributed by atoms with Crippen molar-refractivity contribution in [2.45, 2.75) is 0 Å². The van der Waals surface area contributed by atoms with E-state index >= 15 is 0 Å². The molecule has 0 saturated heterocycles. The van der Waals surface area contributed by atoms with Crippen molar-refractivity contribution in [1.82, 2.24) is 0 Å². The average molecular weight is 528 g/mol. The predicted octanol–water partition coefficient (Wildman–Crippen LogP) is 2.49. The molecule has 0 unspecified atom stereocenters. The minimum absolute atomic E-state index is 0.272. The van der Waals surface area contributed by atoms with E-state index < -0.39 is 0 Å². The van der Waals surface area contributed by atoms with E-state index in [9.17, 15) is 0 Å². The van der Waals surface area contributed by atoms with Crippen molar-refractivity contribution >= 4 is 80.4 Å². The molecule has 0 saturated carbocycles. The van der Waals surface area contributed by atoms with Crippen LogP contribution in [-0.4, -0.2) is 21.3 Å². The van der Waals surface area contributed by atoms with E-state index in [-0.39, 0.29) is 7.12 Å². The van der Waals surface area contributed by atoms with E-state index in [1.807, 2.05) is 0 Å². The summed E-state index contributed by atoms with van der Waals surface area (Å²) in [5, 5.41) is 0. The Balaban J connectivity index is 3.19. The summed E-state index contributed by atoms with van der Waals surface area (Å²) >= 11 is 6.91. The van der Waals surface area contributed by atoms with Crippen LogP contribution in [0.5, 0.6) is 0 Å². The van der Waals surface area contributed by atoms with Gasteiger partial charge in [0.05, 0.1) is 0 Å². The van der Waals surface area contributed by atoms with Gasteiger partial charge in [-0.15, -0.1) is 0 Å². The van der Waals surface area contributed by atoms with Gasteiger partial charge < -0.3 is 9.31 Å². The van der Waals surface area contributed by atoms with Crippen LogP contribution in [0.4, 0.5) is 0 Å². The zero-order valence-electron chi connectivity index (χ0n) is 7.68. The Kier molecular flexibility index (Phi) is 5.97. The summed E-state index contributed by atoms with van der Waals surface area (Å²) < 4.78 is 14.1. The van der Waals surface area contributed by atoms with Crippen molar-refractivity contribution in [3.8, 4) is 0 Å². The Bertz CT molecular complexity index is 305. The molecule has 0 heterocycles. The Hall–Kier alpha value is 1.39. The van der Waals surface area contributed by atoms with Gasteiger partial charge in [-0.25, -0.2) is 0 Å². The molecule has 1 aromatic carbocycles. The maximum Gasteiger partial charge on any atom is 0.495 e. The van der Waals surface area contributed by atoms with Gasteiger partial charge in [0.25, 0.3) is 0 Å². The van der Waals surface area contributed by atoms with Gasteiger partial charge >= 0.3 is 7.12 Å². The average Bonchev–Trinajstić information content (AvgIpc) is 2.10. The molecule has 0 aliphatic carbocycles. The molecule has 0 aliphatic rings. The van der Waals surface area contributed by atoms with Gasteiger partial charge in [0.2, 0.25) is 0 Å². The lowest BCUT2D eigenvalue weighted by atomic mass is 9.79. The van der Waals surface area contributed by atoms with Crippen LogP contribution in [0, 0.1) is 10.7 Å². The topological polar surface area (TPSA) is 18.5 Å². The lowest BCUT2D eigenvalue weighted by molar-refractivity contribution is 0.291. The monoisotopic (exact) mass is 528 g/mol. The minimum Gasteiger partial charge on any atom is -0.410 e. The van der Waals surface area contributed by atoms with Crippen molar-refractivity contribution < 1.29 is 9.31 Å². The lowest BCUT2D eigenvalue weighted by Crippen LogP contribution is -2.39. The highest BCUT2D eigenvalue weighted by atomic mass is 127. The van der Waals surface area contributed by atoms with Crippen LogP contribution in [0.15, 0.2) is 12.1 Å². The Morgan fingerprint density at radius 2 is 1.43 bits per heavy atom. The fraction of sp³-hybridized carbons (Fsp3) is 0.250. The largest absolute Gasteiger partial charge is 0.495 e. The Morgan fingerprint density at radius 3 is 1.79 bits per heavy atom. The molecule has 0 aromatic heterocycles. The molecule has 0 atom stereocenters. The molecule has 0 radical (unpaired) electrons. The molecular weight excluding hydrogens is 520 g/mol. The summed E-state index contributed by atoms with van der Waals surface area (Å²) in [7, 11) is 3.03. The zero-order chi connectivity index (χ0) is 10.7. The maximum absolute atomic E-state index is 5.25. The third-order valence-electron chi connectivity index (χ3n) is 1.71. The minimum atomic E-state index is -0.272. The highest BCUT2D eigenvalue weighted by molar-refractivity contribution is 14.1. The Labute approximate surface area is 125 Å². The van der Waals surface area contributed by atoms with Crippen LogP contribution in [0.2, 0.25) is 0 Å². The van der Waals surface area contributed by atoms with Gasteiger partial charge in [0.15, 0.2) is 0 Å². The van der Waals surface area contributed by atoms with E-state index in [1.54, 1.807) is 14.2 Å². The third-order valence-corrected chi connectivity index (χ3v) is 4.12. The SMILES string of the molecule is COB(OC)c1c(I)cc(I)cc1I. The van der Waals surface area contributed by atoms with E-state index in [0.29, 0.717) is 0 Å². The predicted molar refractivity (Wildman–Crippen MR) is 84.0 cm³/mol. The van der Waals surface area contributed by atoms with Gasteiger partial charge in [0, 0.05) is 30.4 Å². The zero-order valence-corrected chi connectivity index (χ0v) is 14.2. The van der Waals surface area contributed by atoms with Gasteiger partial charge in [0.1, 0.15) is 0 Å². The molecule has 6 heteroatoms. The first-order valence-corrected chi connectivity index (χ1v) is 7.03. The van der Waals surface area contributed by atoms with E-state index in [0.717, 1.165) is 5.46 Å². The third kappa shape index (κ3) is 3.19. The smallest absolute Gasteiger partial charge is 0.410 e. The molecule has 0 bridgehead atoms. The molecule has 1 rings (SSSR count). The first-order chi connectivity index (χ1) is 6.60. The van der Waals surface area contributed by atoms with Crippen LogP contribution in [0.1, 0.15) is 0 Å². The molecule has 14 heavy (non-hydrogen) atoms. The molecular formula is C8H8BI3O2. The fourth-order valence-corrected chi connectivity index (χ4v) is 5.20. The van der Waals surface area contributed by atoms with E-state index in [1.165, 1.54) is 10.7 Å². The highest BCUT2D eigenvalue weighted by Gasteiger charge is 2.24. The first-order valence-electron chi connectivity index (χ1n) is 3.80. The van der Waals surface area contributed by atoms with Crippen molar-refractivity contribution in [3.05, 3.63) is 22.8 Å². The summed E-state index contributed by atoms with van der Waals surface area (Å²) in [6, 6.07) is 4.23. The number of rotatable bonds is 3. The first kappa shape index (κ1) is 13.5. The van der Waals surface area contributed by atoms with Gasteiger partial charge in [-0.1, -0.05) is 0 Å². The Morgan fingerprint density at radius 1 is 1.00 bits per heavy atom. The van der Waals surface area contributed by atoms with Crippen LogP contribution >= 0.6 is 67.8 Å². The molecule has 0 spiro atoms. The van der Waals surface area contributed by atoms with E-state index in [4.69, 9.17) is 9.31 Å². The number of hydrogen-bond donors (Lipinski definition) is 0. The second-order valence-electron chi connectivity index (χ2n) is 2.59. The van der Waals surface area contributed by atoms with Gasteiger partial charge in [-0.3, -0.25) is 0 Å². The quantitative estimate of drug-likeness (QED) is 0.444. The van der Waals surface area contributed by atoms with Crippen LogP contribution < -0.4 is 5.46 Å². The van der Waals surface area contributed by atoms with Crippen molar-refractivity contribution in [2.24, 2.45) is 0 Å². The van der Waals surface area contributed by atoms with Gasteiger partial charge in [-0.05, 0) is 79.9 Å². The summed E-state index contributed by atoms with van der Waals surface area (Å²) in [6.45, 7) is 0. The van der Waals surface area contributed by atoms with Crippen LogP contribution in [-0.2, 0) is 9.31 Å². The fourth-order valence-electron chi connectivity index (χ4n) is 1.11. The molecule has 0 aliphatic heterocycles. The molecule has 0 fully saturated rings. The molecule has 2 nitrogen and oxygen atoms in total. The molecule has 0 N–H and O–H groups in total. The number of halogens is 3. The van der Waals surface area contributed by atoms with Crippen molar-refractivity contribution in [1.29, 1.82) is 0 Å². The summed E-state index contributed by atoms with van der Waals surface area (Å²) in [5.41, 5.74) is 1.11. The number of benzene rings is 1. The van der Waals surface area contributed by atoms with E-state index in [2.05, 4.69) is 79.9 Å². The highest BCUT2D eigenvalue weighted by Crippen LogP contribution is 2.15. The molecule has 1 aromatic rings. The lowest BCUT2D eigenvalue weighted by Gasteiger charge is -2.13. The maximum atomic E-state index is 5.25. The summed E-state index contributed by atoms with van der Waals surface area (Å²) in [6.07, 6.45) is 0. The number of hydrogen-bond acceptors (Lipinski definition) is 2. The van der Waals surface area contributed by atoms with Crippen LogP contribution in [0.3, 0.4) is 0 Å². The second-order valence-corrected chi connectivity index (χ2v) is 6.16. The summed E-state index contributed by atoms with van der Waals surface area (Å²) in [5.74, 6) is 0. The van der Waals surface area contributed by atoms with Crippen LogP contribution in [0.25, 0.3) is 0 Å². The standard InChI is InChI=1S/C8H8BI3O2/c1-13-9(14-2)8-6(11)3-5(10)4-7(8)12/h3-4H,1-2H3.